The number of ether oxygens (including phenoxy) is 1. The molecular weight excluding hydrogens is 369 g/mol. The third kappa shape index (κ3) is 4.83. The number of halogens is 1. The van der Waals surface area contributed by atoms with Crippen LogP contribution in [0, 0.1) is 5.82 Å². The average Bonchev–Trinajstić information content (AvgIpc) is 3.22. The fraction of sp³-hybridized carbons (Fsp3) is 0.136. The van der Waals surface area contributed by atoms with Gasteiger partial charge >= 0.3 is 6.01 Å². The molecule has 0 aliphatic rings. The highest BCUT2D eigenvalue weighted by Crippen LogP contribution is 2.21. The van der Waals surface area contributed by atoms with Crippen molar-refractivity contribution in [1.29, 1.82) is 0 Å². The third-order valence-electron chi connectivity index (χ3n) is 4.43. The molecule has 1 N–H and O–H groups in total. The Morgan fingerprint density at radius 2 is 1.66 bits per heavy atom. The third-order valence-corrected chi connectivity index (χ3v) is 4.43. The zero-order valence-electron chi connectivity index (χ0n) is 15.7. The molecule has 3 aromatic carbocycles. The normalized spacial score (nSPS) is 10.8. The molecule has 1 aromatic heterocycles. The molecule has 0 fully saturated rings. The lowest BCUT2D eigenvalue weighted by atomic mass is 10.1. The SMILES string of the molecule is Fc1ccccc1CCNCc1ccc(Oc2nnnn2-c2ccccc2)cc1. The summed E-state index contributed by atoms with van der Waals surface area (Å²) in [4.78, 5) is 0. The fourth-order valence-corrected chi connectivity index (χ4v) is 2.91. The van der Waals surface area contributed by atoms with E-state index in [1.54, 1.807) is 6.07 Å². The Bertz CT molecular complexity index is 1050. The van der Waals surface area contributed by atoms with E-state index >= 15 is 0 Å². The maximum atomic E-state index is 13.6. The van der Waals surface area contributed by atoms with E-state index in [1.807, 2.05) is 66.7 Å². The van der Waals surface area contributed by atoms with Gasteiger partial charge in [0.15, 0.2) is 0 Å². The number of hydrogen-bond donors (Lipinski definition) is 1. The predicted octanol–water partition coefficient (Wildman–Crippen LogP) is 3.93. The van der Waals surface area contributed by atoms with Crippen molar-refractivity contribution in [3.05, 3.63) is 95.8 Å². The second-order valence-corrected chi connectivity index (χ2v) is 6.47. The largest absolute Gasteiger partial charge is 0.423 e. The minimum Gasteiger partial charge on any atom is -0.423 e. The number of aromatic nitrogens is 4. The first kappa shape index (κ1) is 18.8. The van der Waals surface area contributed by atoms with Gasteiger partial charge in [0.05, 0.1) is 5.69 Å². The molecule has 146 valence electrons. The second-order valence-electron chi connectivity index (χ2n) is 6.47. The van der Waals surface area contributed by atoms with Crippen molar-refractivity contribution >= 4 is 0 Å². The van der Waals surface area contributed by atoms with Crippen LogP contribution in [0.2, 0.25) is 0 Å². The molecule has 1 heterocycles. The molecule has 0 saturated carbocycles. The maximum absolute atomic E-state index is 13.6. The quantitative estimate of drug-likeness (QED) is 0.463. The summed E-state index contributed by atoms with van der Waals surface area (Å²) in [6.07, 6.45) is 0.649. The lowest BCUT2D eigenvalue weighted by Crippen LogP contribution is -2.17. The minimum atomic E-state index is -0.159. The van der Waals surface area contributed by atoms with Crippen LogP contribution in [0.15, 0.2) is 78.9 Å². The molecule has 4 aromatic rings. The molecule has 0 amide bonds. The number of para-hydroxylation sites is 1. The van der Waals surface area contributed by atoms with E-state index in [9.17, 15) is 4.39 Å². The molecule has 7 heteroatoms. The molecule has 6 nitrogen and oxygen atoms in total. The van der Waals surface area contributed by atoms with Crippen molar-refractivity contribution < 1.29 is 9.13 Å². The Balaban J connectivity index is 1.31. The van der Waals surface area contributed by atoms with Crippen LogP contribution >= 0.6 is 0 Å². The van der Waals surface area contributed by atoms with Crippen molar-refractivity contribution in [3.8, 4) is 17.4 Å². The molecule has 4 rings (SSSR count). The second kappa shape index (κ2) is 9.07. The van der Waals surface area contributed by atoms with Gasteiger partial charge in [-0.15, -0.1) is 0 Å². The van der Waals surface area contributed by atoms with Crippen LogP contribution < -0.4 is 10.1 Å². The first-order valence-electron chi connectivity index (χ1n) is 9.34. The molecule has 0 radical (unpaired) electrons. The van der Waals surface area contributed by atoms with Crippen LogP contribution in [0.1, 0.15) is 11.1 Å². The molecule has 0 aliphatic carbocycles. The summed E-state index contributed by atoms with van der Waals surface area (Å²) < 4.78 is 21.0. The van der Waals surface area contributed by atoms with Gasteiger partial charge in [-0.3, -0.25) is 0 Å². The molecule has 0 spiro atoms. The average molecular weight is 389 g/mol. The Hall–Kier alpha value is -3.58. The van der Waals surface area contributed by atoms with Crippen LogP contribution in [0.25, 0.3) is 5.69 Å². The van der Waals surface area contributed by atoms with Crippen molar-refractivity contribution in [2.24, 2.45) is 0 Å². The van der Waals surface area contributed by atoms with Gasteiger partial charge in [0.2, 0.25) is 0 Å². The number of benzene rings is 3. The van der Waals surface area contributed by atoms with E-state index < -0.39 is 0 Å². The summed E-state index contributed by atoms with van der Waals surface area (Å²) >= 11 is 0. The van der Waals surface area contributed by atoms with Crippen LogP contribution in [-0.4, -0.2) is 26.8 Å². The molecule has 0 saturated heterocycles. The fourth-order valence-electron chi connectivity index (χ4n) is 2.91. The van der Waals surface area contributed by atoms with Crippen molar-refractivity contribution in [2.75, 3.05) is 6.54 Å². The topological polar surface area (TPSA) is 64.9 Å². The highest BCUT2D eigenvalue weighted by molar-refractivity contribution is 5.34. The Kier molecular flexibility index (Phi) is 5.87. The van der Waals surface area contributed by atoms with Crippen LogP contribution in [0.5, 0.6) is 11.8 Å². The highest BCUT2D eigenvalue weighted by atomic mass is 19.1. The van der Waals surface area contributed by atoms with Crippen molar-refractivity contribution in [1.82, 2.24) is 25.5 Å². The van der Waals surface area contributed by atoms with E-state index in [0.29, 0.717) is 31.3 Å². The van der Waals surface area contributed by atoms with Gasteiger partial charge in [-0.05, 0) is 64.9 Å². The monoisotopic (exact) mass is 389 g/mol. The summed E-state index contributed by atoms with van der Waals surface area (Å²) in [6, 6.07) is 24.4. The zero-order chi connectivity index (χ0) is 19.9. The maximum Gasteiger partial charge on any atom is 0.345 e. The number of hydrogen-bond acceptors (Lipinski definition) is 5. The van der Waals surface area contributed by atoms with Gasteiger partial charge < -0.3 is 10.1 Å². The summed E-state index contributed by atoms with van der Waals surface area (Å²) in [5.41, 5.74) is 2.65. The van der Waals surface area contributed by atoms with Gasteiger partial charge in [0.25, 0.3) is 0 Å². The smallest absolute Gasteiger partial charge is 0.345 e. The highest BCUT2D eigenvalue weighted by Gasteiger charge is 2.10. The van der Waals surface area contributed by atoms with E-state index in [2.05, 4.69) is 20.8 Å². The van der Waals surface area contributed by atoms with Crippen LogP contribution in [0.4, 0.5) is 4.39 Å². The summed E-state index contributed by atoms with van der Waals surface area (Å²) in [7, 11) is 0. The summed E-state index contributed by atoms with van der Waals surface area (Å²) in [5, 5.41) is 14.9. The number of nitrogens with one attached hydrogen (secondary N) is 1. The van der Waals surface area contributed by atoms with Gasteiger partial charge in [-0.25, -0.2) is 4.39 Å². The lowest BCUT2D eigenvalue weighted by molar-refractivity contribution is 0.427. The Labute approximate surface area is 168 Å². The van der Waals surface area contributed by atoms with E-state index in [1.165, 1.54) is 10.7 Å². The van der Waals surface area contributed by atoms with E-state index in [0.717, 1.165) is 16.8 Å². The van der Waals surface area contributed by atoms with Crippen molar-refractivity contribution in [2.45, 2.75) is 13.0 Å². The Morgan fingerprint density at radius 1 is 0.897 bits per heavy atom. The molecule has 0 unspecified atom stereocenters. The predicted molar refractivity (Wildman–Crippen MR) is 107 cm³/mol. The first-order valence-corrected chi connectivity index (χ1v) is 9.34. The van der Waals surface area contributed by atoms with Crippen LogP contribution in [0.3, 0.4) is 0 Å². The number of nitrogens with zero attached hydrogens (tertiary/aromatic N) is 4. The van der Waals surface area contributed by atoms with Gasteiger partial charge in [-0.1, -0.05) is 53.6 Å². The molecular formula is C22H20FN5O. The van der Waals surface area contributed by atoms with Crippen molar-refractivity contribution in [3.63, 3.8) is 0 Å². The van der Waals surface area contributed by atoms with E-state index in [-0.39, 0.29) is 5.82 Å². The standard InChI is InChI=1S/C22H20FN5O/c23-21-9-5-4-6-18(21)14-15-24-16-17-10-12-20(13-11-17)29-22-25-26-27-28(22)19-7-2-1-3-8-19/h1-13,24H,14-16H2. The molecule has 0 aliphatic heterocycles. The van der Waals surface area contributed by atoms with E-state index in [4.69, 9.17) is 4.74 Å². The molecule has 29 heavy (non-hydrogen) atoms. The zero-order valence-corrected chi connectivity index (χ0v) is 15.7. The van der Waals surface area contributed by atoms with Gasteiger partial charge in [-0.2, -0.15) is 4.68 Å². The number of rotatable bonds is 8. The van der Waals surface area contributed by atoms with Crippen LogP contribution in [-0.2, 0) is 13.0 Å². The summed E-state index contributed by atoms with van der Waals surface area (Å²) in [5.74, 6) is 0.487. The Morgan fingerprint density at radius 3 is 2.45 bits per heavy atom. The van der Waals surface area contributed by atoms with Gasteiger partial charge in [0, 0.05) is 6.54 Å². The molecule has 0 bridgehead atoms. The minimum absolute atomic E-state index is 0.159. The molecule has 0 atom stereocenters. The van der Waals surface area contributed by atoms with Gasteiger partial charge in [0.1, 0.15) is 11.6 Å². The summed E-state index contributed by atoms with van der Waals surface area (Å²) in [6.45, 7) is 1.39. The lowest BCUT2D eigenvalue weighted by Gasteiger charge is -2.08. The number of tetrazole rings is 1. The first-order chi connectivity index (χ1) is 14.3.